The van der Waals surface area contributed by atoms with Crippen molar-refractivity contribution in [3.63, 3.8) is 0 Å². The lowest BCUT2D eigenvalue weighted by Crippen LogP contribution is -2.33. The summed E-state index contributed by atoms with van der Waals surface area (Å²) in [5.41, 5.74) is 2.19. The summed E-state index contributed by atoms with van der Waals surface area (Å²) in [7, 11) is 0. The Morgan fingerprint density at radius 2 is 1.90 bits per heavy atom. The number of amidine groups is 1. The molecular formula is C29H27F2N5O3. The molecular weight excluding hydrogens is 504 g/mol. The van der Waals surface area contributed by atoms with Gasteiger partial charge in [-0.05, 0) is 37.6 Å². The maximum Gasteiger partial charge on any atom is 0.289 e. The van der Waals surface area contributed by atoms with Gasteiger partial charge in [-0.1, -0.05) is 19.9 Å². The van der Waals surface area contributed by atoms with Gasteiger partial charge in [0.15, 0.2) is 17.4 Å². The molecule has 4 aromatic rings. The second kappa shape index (κ2) is 10.3. The van der Waals surface area contributed by atoms with Gasteiger partial charge in [-0.25, -0.2) is 18.8 Å². The van der Waals surface area contributed by atoms with E-state index in [9.17, 15) is 5.26 Å². The van der Waals surface area contributed by atoms with E-state index in [0.717, 1.165) is 12.1 Å². The molecule has 2 aromatic carbocycles. The summed E-state index contributed by atoms with van der Waals surface area (Å²) in [5.74, 6) is -1.71. The zero-order chi connectivity index (χ0) is 27.7. The number of aliphatic imine (C=N–C) groups is 1. The van der Waals surface area contributed by atoms with E-state index in [-0.39, 0.29) is 29.0 Å². The number of nitriles is 1. The minimum Gasteiger partial charge on any atom is -0.490 e. The Kier molecular flexibility index (Phi) is 6.83. The molecule has 2 N–H and O–H groups in total. The third-order valence-electron chi connectivity index (χ3n) is 6.02. The molecule has 0 fully saturated rings. The molecule has 0 saturated heterocycles. The van der Waals surface area contributed by atoms with Crippen LogP contribution in [0, 0.1) is 28.4 Å². The van der Waals surface area contributed by atoms with E-state index in [1.165, 1.54) is 12.3 Å². The van der Waals surface area contributed by atoms with Crippen LogP contribution in [0.5, 0.6) is 17.2 Å². The lowest BCUT2D eigenvalue weighted by atomic mass is 9.95. The van der Waals surface area contributed by atoms with Crippen molar-refractivity contribution in [1.29, 1.82) is 5.26 Å². The summed E-state index contributed by atoms with van der Waals surface area (Å²) in [6.07, 6.45) is 3.09. The average Bonchev–Trinajstić information content (AvgIpc) is 3.32. The molecule has 3 heterocycles. The van der Waals surface area contributed by atoms with Crippen molar-refractivity contribution >= 4 is 22.7 Å². The highest BCUT2D eigenvalue weighted by molar-refractivity contribution is 5.98. The quantitative estimate of drug-likeness (QED) is 0.284. The van der Waals surface area contributed by atoms with Gasteiger partial charge >= 0.3 is 0 Å². The lowest BCUT2D eigenvalue weighted by molar-refractivity contribution is 0.156. The van der Waals surface area contributed by atoms with Crippen LogP contribution < -0.4 is 14.8 Å². The summed E-state index contributed by atoms with van der Waals surface area (Å²) >= 11 is 0. The van der Waals surface area contributed by atoms with Gasteiger partial charge in [0.1, 0.15) is 23.2 Å². The van der Waals surface area contributed by atoms with E-state index >= 15 is 8.78 Å². The van der Waals surface area contributed by atoms with Crippen molar-refractivity contribution in [2.24, 2.45) is 10.4 Å². The highest BCUT2D eigenvalue weighted by Crippen LogP contribution is 2.39. The number of rotatable bonds is 6. The first-order valence-corrected chi connectivity index (χ1v) is 12.4. The highest BCUT2D eigenvalue weighted by atomic mass is 19.1. The van der Waals surface area contributed by atoms with Gasteiger partial charge < -0.3 is 24.5 Å². The molecule has 0 aliphatic carbocycles. The van der Waals surface area contributed by atoms with E-state index in [2.05, 4.69) is 26.3 Å². The third kappa shape index (κ3) is 5.48. The first kappa shape index (κ1) is 26.0. The lowest BCUT2D eigenvalue weighted by Gasteiger charge is -2.28. The number of hydrogen-bond donors (Lipinski definition) is 2. The topological polar surface area (TPSA) is 105 Å². The summed E-state index contributed by atoms with van der Waals surface area (Å²) < 4.78 is 47.3. The normalized spacial score (nSPS) is 14.5. The number of anilines is 1. The van der Waals surface area contributed by atoms with Crippen LogP contribution in [-0.2, 0) is 4.74 Å². The van der Waals surface area contributed by atoms with E-state index in [0.29, 0.717) is 46.6 Å². The van der Waals surface area contributed by atoms with Crippen LogP contribution in [0.15, 0.2) is 53.8 Å². The van der Waals surface area contributed by atoms with Gasteiger partial charge in [0.25, 0.3) is 6.02 Å². The smallest absolute Gasteiger partial charge is 0.289 e. The Balaban J connectivity index is 1.46. The van der Waals surface area contributed by atoms with Crippen LogP contribution in [0.3, 0.4) is 0 Å². The van der Waals surface area contributed by atoms with Crippen LogP contribution in [0.2, 0.25) is 0 Å². The van der Waals surface area contributed by atoms with Crippen molar-refractivity contribution in [3.05, 3.63) is 66.0 Å². The van der Waals surface area contributed by atoms with Crippen molar-refractivity contribution in [2.75, 3.05) is 18.5 Å². The van der Waals surface area contributed by atoms with Gasteiger partial charge in [-0.3, -0.25) is 0 Å². The number of halogens is 2. The Morgan fingerprint density at radius 1 is 1.13 bits per heavy atom. The van der Waals surface area contributed by atoms with Crippen molar-refractivity contribution in [1.82, 2.24) is 9.97 Å². The molecule has 0 amide bonds. The monoisotopic (exact) mass is 531 g/mol. The predicted molar refractivity (Wildman–Crippen MR) is 144 cm³/mol. The Labute approximate surface area is 224 Å². The van der Waals surface area contributed by atoms with Crippen LogP contribution >= 0.6 is 0 Å². The number of benzene rings is 2. The number of ether oxygens (including phenoxy) is 3. The summed E-state index contributed by atoms with van der Waals surface area (Å²) in [5, 5.41) is 13.0. The molecule has 8 nitrogen and oxygen atoms in total. The predicted octanol–water partition coefficient (Wildman–Crippen LogP) is 6.78. The second-order valence-corrected chi connectivity index (χ2v) is 10.3. The molecule has 2 aromatic heterocycles. The Morgan fingerprint density at radius 3 is 2.56 bits per heavy atom. The first-order valence-electron chi connectivity index (χ1n) is 12.4. The Bertz CT molecular complexity index is 1600. The molecule has 0 spiro atoms. The van der Waals surface area contributed by atoms with Gasteiger partial charge in [-0.2, -0.15) is 5.26 Å². The largest absolute Gasteiger partial charge is 0.490 e. The zero-order valence-electron chi connectivity index (χ0n) is 21.9. The molecule has 5 rings (SSSR count). The van der Waals surface area contributed by atoms with E-state index in [1.807, 2.05) is 27.7 Å². The fourth-order valence-corrected chi connectivity index (χ4v) is 4.16. The van der Waals surface area contributed by atoms with Crippen LogP contribution in [0.4, 0.5) is 14.5 Å². The number of H-pyrrole nitrogens is 1. The SMILES string of the molecule is CC(C)Oc1ccc(-c2c[nH]c3nccc(Oc4c(F)cc(NC5=NCC(C)(C)CO5)cc4F)c23)cc1C#N. The molecule has 200 valence electrons. The maximum absolute atomic E-state index is 15.1. The third-order valence-corrected chi connectivity index (χ3v) is 6.02. The number of nitrogens with one attached hydrogen (secondary N) is 2. The molecule has 0 radical (unpaired) electrons. The van der Waals surface area contributed by atoms with Crippen molar-refractivity contribution in [2.45, 2.75) is 33.8 Å². The van der Waals surface area contributed by atoms with Gasteiger partial charge in [-0.15, -0.1) is 0 Å². The van der Waals surface area contributed by atoms with Crippen molar-refractivity contribution in [3.8, 4) is 34.4 Å². The van der Waals surface area contributed by atoms with E-state index < -0.39 is 17.4 Å². The molecule has 1 aliphatic heterocycles. The van der Waals surface area contributed by atoms with Gasteiger partial charge in [0, 0.05) is 41.2 Å². The zero-order valence-corrected chi connectivity index (χ0v) is 21.9. The molecule has 10 heteroatoms. The minimum absolute atomic E-state index is 0.0954. The number of aromatic nitrogens is 2. The average molecular weight is 532 g/mol. The molecule has 0 unspecified atom stereocenters. The molecule has 0 atom stereocenters. The maximum atomic E-state index is 15.1. The van der Waals surface area contributed by atoms with Crippen LogP contribution in [0.1, 0.15) is 33.3 Å². The molecule has 0 saturated carbocycles. The fraction of sp³-hybridized carbons (Fsp3) is 0.276. The fourth-order valence-electron chi connectivity index (χ4n) is 4.16. The standard InChI is InChI=1S/C29H27F2N5O3/c1-16(2)38-23-6-5-17(9-18(23)12-32)20-13-34-27-25(20)24(7-8-33-27)39-26-21(30)10-19(11-22(26)31)36-28-35-14-29(3,4)15-37-28/h5-11,13,16H,14-15H2,1-4H3,(H,33,34)(H,35,36). The second-order valence-electron chi connectivity index (χ2n) is 10.3. The molecule has 0 bridgehead atoms. The van der Waals surface area contributed by atoms with Gasteiger partial charge in [0.05, 0.1) is 30.2 Å². The minimum atomic E-state index is -0.904. The number of fused-ring (bicyclic) bond motifs is 1. The summed E-state index contributed by atoms with van der Waals surface area (Å²) in [6, 6.07) is 11.3. The first-order chi connectivity index (χ1) is 18.6. The van der Waals surface area contributed by atoms with Crippen LogP contribution in [-0.4, -0.2) is 35.2 Å². The number of aromatic amines is 1. The number of hydrogen-bond acceptors (Lipinski definition) is 7. The van der Waals surface area contributed by atoms with Gasteiger partial charge in [0.2, 0.25) is 0 Å². The number of nitrogens with zero attached hydrogens (tertiary/aromatic N) is 3. The summed E-state index contributed by atoms with van der Waals surface area (Å²) in [6.45, 7) is 8.76. The van der Waals surface area contributed by atoms with E-state index in [4.69, 9.17) is 14.2 Å². The molecule has 1 aliphatic rings. The number of pyridine rings is 1. The Hall–Kier alpha value is -4.65. The molecule has 39 heavy (non-hydrogen) atoms. The van der Waals surface area contributed by atoms with E-state index in [1.54, 1.807) is 24.4 Å². The van der Waals surface area contributed by atoms with Crippen LogP contribution in [0.25, 0.3) is 22.2 Å². The highest BCUT2D eigenvalue weighted by Gasteiger charge is 2.25. The summed E-state index contributed by atoms with van der Waals surface area (Å²) in [4.78, 5) is 11.7. The van der Waals surface area contributed by atoms with Crippen molar-refractivity contribution < 1.29 is 23.0 Å².